The molecule has 6 heteroatoms. The molecule has 0 saturated carbocycles. The molecule has 2 nitrogen and oxygen atoms in total. The Morgan fingerprint density at radius 2 is 1.84 bits per heavy atom. The van der Waals surface area contributed by atoms with E-state index in [2.05, 4.69) is 10.3 Å². The lowest BCUT2D eigenvalue weighted by Gasteiger charge is -2.04. The molecule has 1 N–H and O–H groups in total. The molecule has 1 aromatic carbocycles. The van der Waals surface area contributed by atoms with Gasteiger partial charge in [-0.25, -0.2) is 4.98 Å². The summed E-state index contributed by atoms with van der Waals surface area (Å²) in [7, 11) is 1.62. The first kappa shape index (κ1) is 14.0. The third-order valence-corrected chi connectivity index (χ3v) is 3.71. The van der Waals surface area contributed by atoms with Crippen molar-refractivity contribution >= 4 is 11.3 Å². The first-order valence-electron chi connectivity index (χ1n) is 5.70. The van der Waals surface area contributed by atoms with Crippen molar-refractivity contribution in [1.29, 1.82) is 0 Å². The summed E-state index contributed by atoms with van der Waals surface area (Å²) in [5, 5.41) is 3.14. The zero-order chi connectivity index (χ0) is 14.0. The highest BCUT2D eigenvalue weighted by Crippen LogP contribution is 2.37. The number of alkyl halides is 3. The quantitative estimate of drug-likeness (QED) is 0.927. The van der Waals surface area contributed by atoms with E-state index in [4.69, 9.17) is 0 Å². The molecular weight excluding hydrogens is 273 g/mol. The van der Waals surface area contributed by atoms with Crippen LogP contribution >= 0.6 is 11.3 Å². The van der Waals surface area contributed by atoms with Gasteiger partial charge in [-0.05, 0) is 14.0 Å². The molecule has 0 saturated heterocycles. The minimum absolute atomic E-state index is 0.165. The lowest BCUT2D eigenvalue weighted by molar-refractivity contribution is -0.141. The number of hydrogen-bond acceptors (Lipinski definition) is 3. The molecule has 1 aromatic heterocycles. The highest BCUT2D eigenvalue weighted by molar-refractivity contribution is 7.15. The van der Waals surface area contributed by atoms with E-state index in [-0.39, 0.29) is 11.4 Å². The van der Waals surface area contributed by atoms with Crippen molar-refractivity contribution in [1.82, 2.24) is 10.3 Å². The average Bonchev–Trinajstić information content (AvgIpc) is 2.74. The van der Waals surface area contributed by atoms with Crippen LogP contribution in [0.25, 0.3) is 10.6 Å². The van der Waals surface area contributed by atoms with Crippen LogP contribution in [-0.2, 0) is 12.7 Å². The predicted octanol–water partition coefficient (Wildman–Crippen LogP) is 3.86. The maximum absolute atomic E-state index is 12.9. The molecule has 0 aliphatic carbocycles. The monoisotopic (exact) mass is 286 g/mol. The van der Waals surface area contributed by atoms with Crippen LogP contribution in [0.4, 0.5) is 13.2 Å². The van der Waals surface area contributed by atoms with Crippen LogP contribution in [0.2, 0.25) is 0 Å². The van der Waals surface area contributed by atoms with Crippen molar-refractivity contribution in [3.05, 3.63) is 40.4 Å². The normalized spacial score (nSPS) is 11.8. The van der Waals surface area contributed by atoms with E-state index in [0.717, 1.165) is 16.9 Å². The highest BCUT2D eigenvalue weighted by Gasteiger charge is 2.37. The van der Waals surface area contributed by atoms with Gasteiger partial charge in [0.1, 0.15) is 5.01 Å². The number of thiazole rings is 1. The SMILES string of the molecule is CNCc1sc(-c2ccc(C)cc2)nc1C(F)(F)F. The van der Waals surface area contributed by atoms with E-state index in [1.54, 1.807) is 19.2 Å². The summed E-state index contributed by atoms with van der Waals surface area (Å²) in [6, 6.07) is 7.30. The highest BCUT2D eigenvalue weighted by atomic mass is 32.1. The van der Waals surface area contributed by atoms with Crippen molar-refractivity contribution in [3.63, 3.8) is 0 Å². The molecule has 102 valence electrons. The molecule has 0 radical (unpaired) electrons. The Morgan fingerprint density at radius 3 is 2.37 bits per heavy atom. The van der Waals surface area contributed by atoms with Gasteiger partial charge in [0, 0.05) is 12.1 Å². The van der Waals surface area contributed by atoms with Gasteiger partial charge in [-0.1, -0.05) is 29.8 Å². The fourth-order valence-electron chi connectivity index (χ4n) is 1.67. The van der Waals surface area contributed by atoms with Crippen LogP contribution in [0.5, 0.6) is 0 Å². The number of benzene rings is 1. The van der Waals surface area contributed by atoms with E-state index >= 15 is 0 Å². The fraction of sp³-hybridized carbons (Fsp3) is 0.308. The van der Waals surface area contributed by atoms with E-state index < -0.39 is 11.9 Å². The molecule has 0 spiro atoms. The predicted molar refractivity (Wildman–Crippen MR) is 70.1 cm³/mol. The van der Waals surface area contributed by atoms with Gasteiger partial charge in [-0.3, -0.25) is 0 Å². The van der Waals surface area contributed by atoms with Crippen LogP contribution < -0.4 is 5.32 Å². The van der Waals surface area contributed by atoms with Gasteiger partial charge in [0.2, 0.25) is 0 Å². The maximum Gasteiger partial charge on any atom is 0.434 e. The Balaban J connectivity index is 2.45. The van der Waals surface area contributed by atoms with E-state index in [1.165, 1.54) is 0 Å². The Morgan fingerprint density at radius 1 is 1.21 bits per heavy atom. The largest absolute Gasteiger partial charge is 0.434 e. The summed E-state index contributed by atoms with van der Waals surface area (Å²) < 4.78 is 38.6. The number of aromatic nitrogens is 1. The smallest absolute Gasteiger partial charge is 0.315 e. The van der Waals surface area contributed by atoms with E-state index in [9.17, 15) is 13.2 Å². The number of nitrogens with zero attached hydrogens (tertiary/aromatic N) is 1. The van der Waals surface area contributed by atoms with Crippen LogP contribution in [0.3, 0.4) is 0 Å². The second-order valence-corrected chi connectivity index (χ2v) is 5.27. The van der Waals surface area contributed by atoms with Crippen LogP contribution in [0, 0.1) is 6.92 Å². The van der Waals surface area contributed by atoms with Crippen LogP contribution in [0.15, 0.2) is 24.3 Å². The number of hydrogen-bond donors (Lipinski definition) is 1. The minimum Gasteiger partial charge on any atom is -0.315 e. The molecule has 19 heavy (non-hydrogen) atoms. The first-order valence-corrected chi connectivity index (χ1v) is 6.52. The molecule has 0 aliphatic rings. The zero-order valence-corrected chi connectivity index (χ0v) is 11.3. The Hall–Kier alpha value is -1.40. The average molecular weight is 286 g/mol. The van der Waals surface area contributed by atoms with Gasteiger partial charge < -0.3 is 5.32 Å². The first-order chi connectivity index (χ1) is 8.91. The standard InChI is InChI=1S/C13H13F3N2S/c1-8-3-5-9(6-4-8)12-18-11(13(14,15)16)10(19-12)7-17-2/h3-6,17H,7H2,1-2H3. The summed E-state index contributed by atoms with van der Waals surface area (Å²) >= 11 is 1.08. The van der Waals surface area contributed by atoms with Crippen molar-refractivity contribution in [2.45, 2.75) is 19.6 Å². The zero-order valence-electron chi connectivity index (χ0n) is 10.5. The van der Waals surface area contributed by atoms with Crippen LogP contribution in [-0.4, -0.2) is 12.0 Å². The fourth-order valence-corrected chi connectivity index (χ4v) is 2.77. The Labute approximate surface area is 113 Å². The van der Waals surface area contributed by atoms with Gasteiger partial charge in [0.25, 0.3) is 0 Å². The minimum atomic E-state index is -4.41. The molecule has 1 heterocycles. The molecule has 2 aromatic rings. The lowest BCUT2D eigenvalue weighted by Crippen LogP contribution is -2.12. The molecule has 0 bridgehead atoms. The van der Waals surface area contributed by atoms with E-state index in [1.807, 2.05) is 19.1 Å². The number of rotatable bonds is 3. The molecule has 0 unspecified atom stereocenters. The second-order valence-electron chi connectivity index (χ2n) is 4.18. The number of aryl methyl sites for hydroxylation is 1. The van der Waals surface area contributed by atoms with Crippen LogP contribution in [0.1, 0.15) is 16.1 Å². The van der Waals surface area contributed by atoms with Crippen molar-refractivity contribution in [2.75, 3.05) is 7.05 Å². The summed E-state index contributed by atoms with van der Waals surface area (Å²) in [4.78, 5) is 3.97. The molecular formula is C13H13F3N2S. The second kappa shape index (κ2) is 5.30. The number of nitrogens with one attached hydrogen (secondary N) is 1. The van der Waals surface area contributed by atoms with Crippen molar-refractivity contribution in [3.8, 4) is 10.6 Å². The third-order valence-electron chi connectivity index (χ3n) is 2.60. The topological polar surface area (TPSA) is 24.9 Å². The molecule has 0 atom stereocenters. The molecule has 0 amide bonds. The van der Waals surface area contributed by atoms with Gasteiger partial charge in [0.15, 0.2) is 5.69 Å². The number of halogens is 3. The molecule has 2 rings (SSSR count). The van der Waals surface area contributed by atoms with Crippen molar-refractivity contribution < 1.29 is 13.2 Å². The summed E-state index contributed by atoms with van der Waals surface area (Å²) in [6.45, 7) is 2.09. The van der Waals surface area contributed by atoms with Gasteiger partial charge in [0.05, 0.1) is 4.88 Å². The van der Waals surface area contributed by atoms with Gasteiger partial charge in [-0.15, -0.1) is 11.3 Å². The Bertz CT molecular complexity index is 558. The summed E-state index contributed by atoms with van der Waals surface area (Å²) in [5.41, 5.74) is 0.984. The summed E-state index contributed by atoms with van der Waals surface area (Å²) in [6.07, 6.45) is -4.41. The molecule has 0 aliphatic heterocycles. The third kappa shape index (κ3) is 3.13. The van der Waals surface area contributed by atoms with Crippen molar-refractivity contribution in [2.24, 2.45) is 0 Å². The maximum atomic E-state index is 12.9. The van der Waals surface area contributed by atoms with E-state index in [0.29, 0.717) is 10.6 Å². The van der Waals surface area contributed by atoms with Gasteiger partial charge >= 0.3 is 6.18 Å². The summed E-state index contributed by atoms with van der Waals surface area (Å²) in [5.74, 6) is 0. The Kier molecular flexibility index (Phi) is 3.91. The lowest BCUT2D eigenvalue weighted by atomic mass is 10.2. The molecule has 0 fully saturated rings. The van der Waals surface area contributed by atoms with Gasteiger partial charge in [-0.2, -0.15) is 13.2 Å².